The van der Waals surface area contributed by atoms with E-state index < -0.39 is 4.92 Å². The molecule has 0 saturated carbocycles. The van der Waals surface area contributed by atoms with Crippen LogP contribution in [-0.4, -0.2) is 24.9 Å². The molecule has 0 aliphatic carbocycles. The van der Waals surface area contributed by atoms with E-state index in [1.54, 1.807) is 0 Å². The summed E-state index contributed by atoms with van der Waals surface area (Å²) in [5.74, 6) is 0.174. The SMILES string of the molecule is O=[N+]([O-])c1nc(-n2nccn2)c(Cl)s1. The Morgan fingerprint density at radius 2 is 2.14 bits per heavy atom. The molecule has 0 spiro atoms. The second-order valence-corrected chi connectivity index (χ2v) is 3.75. The number of hydrogen-bond acceptors (Lipinski definition) is 6. The van der Waals surface area contributed by atoms with Gasteiger partial charge >= 0.3 is 10.9 Å². The minimum atomic E-state index is -0.608. The van der Waals surface area contributed by atoms with Crippen LogP contribution >= 0.6 is 22.9 Å². The predicted molar refractivity (Wildman–Crippen MR) is 48.7 cm³/mol. The van der Waals surface area contributed by atoms with Gasteiger partial charge in [0.2, 0.25) is 0 Å². The summed E-state index contributed by atoms with van der Waals surface area (Å²) in [6.07, 6.45) is 2.86. The third-order valence-electron chi connectivity index (χ3n) is 1.32. The monoisotopic (exact) mass is 231 g/mol. The van der Waals surface area contributed by atoms with Crippen molar-refractivity contribution >= 4 is 28.1 Å². The van der Waals surface area contributed by atoms with E-state index in [2.05, 4.69) is 15.2 Å². The molecular formula is C5H2ClN5O2S. The van der Waals surface area contributed by atoms with Crippen molar-refractivity contribution in [3.8, 4) is 5.82 Å². The van der Waals surface area contributed by atoms with E-state index >= 15 is 0 Å². The van der Waals surface area contributed by atoms with Crippen molar-refractivity contribution in [1.29, 1.82) is 0 Å². The highest BCUT2D eigenvalue weighted by Crippen LogP contribution is 2.30. The highest BCUT2D eigenvalue weighted by atomic mass is 35.5. The first-order valence-corrected chi connectivity index (χ1v) is 4.55. The number of halogens is 1. The van der Waals surface area contributed by atoms with Crippen molar-refractivity contribution in [2.24, 2.45) is 0 Å². The zero-order valence-corrected chi connectivity index (χ0v) is 8.07. The molecule has 2 aromatic rings. The van der Waals surface area contributed by atoms with Crippen LogP contribution in [0.15, 0.2) is 12.4 Å². The Bertz CT molecular complexity index is 466. The van der Waals surface area contributed by atoms with Crippen LogP contribution in [-0.2, 0) is 0 Å². The fraction of sp³-hybridized carbons (Fsp3) is 0. The van der Waals surface area contributed by atoms with Crippen LogP contribution in [0.3, 0.4) is 0 Å². The summed E-state index contributed by atoms with van der Waals surface area (Å²) < 4.78 is 0.188. The van der Waals surface area contributed by atoms with Gasteiger partial charge < -0.3 is 10.1 Å². The summed E-state index contributed by atoms with van der Waals surface area (Å²) in [4.78, 5) is 14.6. The highest BCUT2D eigenvalue weighted by Gasteiger charge is 2.22. The highest BCUT2D eigenvalue weighted by molar-refractivity contribution is 7.19. The maximum absolute atomic E-state index is 10.4. The van der Waals surface area contributed by atoms with Crippen molar-refractivity contribution in [3.05, 3.63) is 26.8 Å². The molecule has 0 unspecified atom stereocenters. The third kappa shape index (κ3) is 1.44. The number of rotatable bonds is 2. The average Bonchev–Trinajstić information content (AvgIpc) is 2.71. The van der Waals surface area contributed by atoms with Gasteiger partial charge in [0.05, 0.1) is 12.4 Å². The fourth-order valence-electron chi connectivity index (χ4n) is 0.810. The maximum Gasteiger partial charge on any atom is 0.427 e. The smallest absolute Gasteiger partial charge is 0.357 e. The first-order valence-electron chi connectivity index (χ1n) is 3.36. The minimum Gasteiger partial charge on any atom is -0.357 e. The Hall–Kier alpha value is -1.54. The van der Waals surface area contributed by atoms with E-state index in [9.17, 15) is 10.1 Å². The van der Waals surface area contributed by atoms with Gasteiger partial charge in [-0.05, 0) is 21.2 Å². The van der Waals surface area contributed by atoms with Gasteiger partial charge in [-0.2, -0.15) is 10.2 Å². The molecule has 9 heteroatoms. The first kappa shape index (κ1) is 9.03. The van der Waals surface area contributed by atoms with E-state index in [0.29, 0.717) is 0 Å². The first-order chi connectivity index (χ1) is 6.68. The van der Waals surface area contributed by atoms with Crippen molar-refractivity contribution in [1.82, 2.24) is 20.0 Å². The summed E-state index contributed by atoms with van der Waals surface area (Å²) >= 11 is 6.51. The molecule has 0 aliphatic rings. The second-order valence-electron chi connectivity index (χ2n) is 2.17. The van der Waals surface area contributed by atoms with Crippen LogP contribution in [0, 0.1) is 10.1 Å². The lowest BCUT2D eigenvalue weighted by molar-refractivity contribution is -0.384. The maximum atomic E-state index is 10.4. The summed E-state index contributed by atoms with van der Waals surface area (Å²) in [5, 5.41) is 17.6. The molecule has 72 valence electrons. The summed E-state index contributed by atoms with van der Waals surface area (Å²) in [7, 11) is 0. The van der Waals surface area contributed by atoms with Crippen LogP contribution in [0.4, 0.5) is 5.13 Å². The topological polar surface area (TPSA) is 86.7 Å². The van der Waals surface area contributed by atoms with Gasteiger partial charge in [0.15, 0.2) is 4.34 Å². The van der Waals surface area contributed by atoms with Crippen LogP contribution in [0.25, 0.3) is 5.82 Å². The molecule has 0 saturated heterocycles. The lowest BCUT2D eigenvalue weighted by Gasteiger charge is -1.86. The quantitative estimate of drug-likeness (QED) is 0.574. The molecule has 14 heavy (non-hydrogen) atoms. The molecule has 0 N–H and O–H groups in total. The zero-order chi connectivity index (χ0) is 10.1. The van der Waals surface area contributed by atoms with E-state index in [1.165, 1.54) is 12.4 Å². The van der Waals surface area contributed by atoms with Crippen molar-refractivity contribution in [3.63, 3.8) is 0 Å². The Kier molecular flexibility index (Phi) is 2.14. The van der Waals surface area contributed by atoms with E-state index in [1.807, 2.05) is 0 Å². The van der Waals surface area contributed by atoms with Gasteiger partial charge in [-0.3, -0.25) is 0 Å². The van der Waals surface area contributed by atoms with Gasteiger partial charge in [-0.1, -0.05) is 11.6 Å². The second kappa shape index (κ2) is 3.31. The predicted octanol–water partition coefficient (Wildman–Crippen LogP) is 1.29. The van der Waals surface area contributed by atoms with Crippen LogP contribution in [0.2, 0.25) is 4.34 Å². The zero-order valence-electron chi connectivity index (χ0n) is 6.49. The molecular weight excluding hydrogens is 230 g/mol. The summed E-state index contributed by atoms with van der Waals surface area (Å²) in [6, 6.07) is 0. The Morgan fingerprint density at radius 1 is 1.50 bits per heavy atom. The van der Waals surface area contributed by atoms with Crippen molar-refractivity contribution in [2.75, 3.05) is 0 Å². The molecule has 0 bridgehead atoms. The van der Waals surface area contributed by atoms with Gasteiger partial charge in [0.25, 0.3) is 0 Å². The lowest BCUT2D eigenvalue weighted by atomic mass is 10.8. The number of aromatic nitrogens is 4. The number of nitro groups is 1. The lowest BCUT2D eigenvalue weighted by Crippen LogP contribution is -1.99. The van der Waals surface area contributed by atoms with E-state index in [-0.39, 0.29) is 15.3 Å². The summed E-state index contributed by atoms with van der Waals surface area (Å²) in [5.41, 5.74) is 0. The molecule has 0 amide bonds. The molecule has 2 heterocycles. The number of hydrogen-bond donors (Lipinski definition) is 0. The van der Waals surface area contributed by atoms with Crippen LogP contribution in [0.1, 0.15) is 0 Å². The molecule has 0 atom stereocenters. The van der Waals surface area contributed by atoms with E-state index in [4.69, 9.17) is 11.6 Å². The largest absolute Gasteiger partial charge is 0.427 e. The van der Waals surface area contributed by atoms with Crippen molar-refractivity contribution < 1.29 is 4.92 Å². The van der Waals surface area contributed by atoms with E-state index in [0.717, 1.165) is 16.1 Å². The average molecular weight is 232 g/mol. The van der Waals surface area contributed by atoms with Gasteiger partial charge in [-0.25, -0.2) is 0 Å². The van der Waals surface area contributed by atoms with Crippen LogP contribution < -0.4 is 0 Å². The molecule has 2 rings (SSSR count). The molecule has 7 nitrogen and oxygen atoms in total. The third-order valence-corrected chi connectivity index (χ3v) is 2.51. The van der Waals surface area contributed by atoms with Crippen molar-refractivity contribution in [2.45, 2.75) is 0 Å². The Morgan fingerprint density at radius 3 is 2.64 bits per heavy atom. The Labute approximate surface area is 86.1 Å². The molecule has 0 fully saturated rings. The summed E-state index contributed by atoms with van der Waals surface area (Å²) in [6.45, 7) is 0. The Balaban J connectivity index is 2.50. The van der Waals surface area contributed by atoms with Crippen LogP contribution in [0.5, 0.6) is 0 Å². The number of thiazole rings is 1. The molecule has 0 radical (unpaired) electrons. The number of nitrogens with zero attached hydrogens (tertiary/aromatic N) is 5. The normalized spacial score (nSPS) is 10.4. The minimum absolute atomic E-state index is 0.174. The van der Waals surface area contributed by atoms with Gasteiger partial charge in [0, 0.05) is 0 Å². The molecule has 2 aromatic heterocycles. The molecule has 0 aromatic carbocycles. The van der Waals surface area contributed by atoms with Gasteiger partial charge in [-0.15, -0.1) is 4.80 Å². The van der Waals surface area contributed by atoms with Gasteiger partial charge in [0.1, 0.15) is 0 Å². The molecule has 0 aliphatic heterocycles. The standard InChI is InChI=1S/C5H2ClN5O2S/c6-3-4(10-7-1-2-8-10)9-5(14-3)11(12)13/h1-2H. The fourth-order valence-corrected chi connectivity index (χ4v) is 1.72.